The summed E-state index contributed by atoms with van der Waals surface area (Å²) in [7, 11) is 0. The standard InChI is InChI=1S/C9H10N2O2S/c10-9(11-12)7-5-14-8-4-2-1-3-6(8)13-7/h1-4,7,12H,5H2,(H2,10,11). The summed E-state index contributed by atoms with van der Waals surface area (Å²) in [5.41, 5.74) is 5.47. The van der Waals surface area contributed by atoms with Gasteiger partial charge in [0.2, 0.25) is 0 Å². The number of hydrogen-bond donors (Lipinski definition) is 2. The molecule has 1 aliphatic heterocycles. The van der Waals surface area contributed by atoms with Crippen LogP contribution in [-0.2, 0) is 0 Å². The van der Waals surface area contributed by atoms with Crippen LogP contribution in [-0.4, -0.2) is 22.9 Å². The number of hydrogen-bond acceptors (Lipinski definition) is 4. The smallest absolute Gasteiger partial charge is 0.181 e. The minimum Gasteiger partial charge on any atom is -0.480 e. The van der Waals surface area contributed by atoms with Crippen molar-refractivity contribution in [1.29, 1.82) is 0 Å². The van der Waals surface area contributed by atoms with Gasteiger partial charge < -0.3 is 15.7 Å². The van der Waals surface area contributed by atoms with Crippen molar-refractivity contribution in [3.05, 3.63) is 24.3 Å². The number of thioether (sulfide) groups is 1. The summed E-state index contributed by atoms with van der Waals surface area (Å²) < 4.78 is 5.55. The van der Waals surface area contributed by atoms with Crippen molar-refractivity contribution in [2.75, 3.05) is 5.75 Å². The number of benzene rings is 1. The van der Waals surface area contributed by atoms with Crippen molar-refractivity contribution in [1.82, 2.24) is 0 Å². The molecule has 0 saturated carbocycles. The number of rotatable bonds is 1. The highest BCUT2D eigenvalue weighted by atomic mass is 32.2. The second-order valence-electron chi connectivity index (χ2n) is 2.89. The van der Waals surface area contributed by atoms with Crippen LogP contribution >= 0.6 is 11.8 Å². The summed E-state index contributed by atoms with van der Waals surface area (Å²) >= 11 is 1.64. The van der Waals surface area contributed by atoms with Gasteiger partial charge in [-0.1, -0.05) is 17.3 Å². The first kappa shape index (κ1) is 9.21. The molecule has 14 heavy (non-hydrogen) atoms. The lowest BCUT2D eigenvalue weighted by molar-refractivity contribution is 0.260. The average Bonchev–Trinajstić information content (AvgIpc) is 2.27. The first-order chi connectivity index (χ1) is 6.81. The number of nitrogens with two attached hydrogens (primary N) is 1. The van der Waals surface area contributed by atoms with Gasteiger partial charge in [0.05, 0.1) is 0 Å². The van der Waals surface area contributed by atoms with Gasteiger partial charge in [0.15, 0.2) is 11.9 Å². The molecule has 0 spiro atoms. The molecule has 1 unspecified atom stereocenters. The van der Waals surface area contributed by atoms with Gasteiger partial charge in [0.25, 0.3) is 0 Å². The quantitative estimate of drug-likeness (QED) is 0.317. The molecule has 1 atom stereocenters. The molecule has 0 radical (unpaired) electrons. The number of ether oxygens (including phenoxy) is 1. The summed E-state index contributed by atoms with van der Waals surface area (Å²) in [6.45, 7) is 0. The number of fused-ring (bicyclic) bond motifs is 1. The monoisotopic (exact) mass is 210 g/mol. The van der Waals surface area contributed by atoms with Gasteiger partial charge >= 0.3 is 0 Å². The Balaban J connectivity index is 2.21. The van der Waals surface area contributed by atoms with Gasteiger partial charge in [-0.25, -0.2) is 0 Å². The number of oxime groups is 1. The maximum Gasteiger partial charge on any atom is 0.181 e. The van der Waals surface area contributed by atoms with E-state index in [1.807, 2.05) is 24.3 Å². The summed E-state index contributed by atoms with van der Waals surface area (Å²) in [5, 5.41) is 11.4. The first-order valence-electron chi connectivity index (χ1n) is 4.17. The van der Waals surface area contributed by atoms with Gasteiger partial charge in [-0.2, -0.15) is 0 Å². The third kappa shape index (κ3) is 1.63. The van der Waals surface area contributed by atoms with E-state index in [1.165, 1.54) is 0 Å². The fraction of sp³-hybridized carbons (Fsp3) is 0.222. The Labute approximate surface area is 85.7 Å². The van der Waals surface area contributed by atoms with E-state index in [-0.39, 0.29) is 11.9 Å². The van der Waals surface area contributed by atoms with Crippen LogP contribution in [0.4, 0.5) is 0 Å². The Bertz CT molecular complexity index is 368. The number of para-hydroxylation sites is 1. The van der Waals surface area contributed by atoms with Crippen molar-refractivity contribution in [3.8, 4) is 5.75 Å². The van der Waals surface area contributed by atoms with E-state index >= 15 is 0 Å². The van der Waals surface area contributed by atoms with Crippen LogP contribution in [0.3, 0.4) is 0 Å². The lowest BCUT2D eigenvalue weighted by Gasteiger charge is -2.24. The Hall–Kier alpha value is -1.36. The molecule has 1 aromatic carbocycles. The molecule has 1 heterocycles. The third-order valence-electron chi connectivity index (χ3n) is 1.95. The van der Waals surface area contributed by atoms with Crippen LogP contribution in [0, 0.1) is 0 Å². The van der Waals surface area contributed by atoms with E-state index in [0.717, 1.165) is 10.6 Å². The highest BCUT2D eigenvalue weighted by molar-refractivity contribution is 7.99. The minimum absolute atomic E-state index is 0.118. The molecule has 74 valence electrons. The molecule has 0 fully saturated rings. The topological polar surface area (TPSA) is 67.8 Å². The maximum absolute atomic E-state index is 8.51. The number of nitrogens with zero attached hydrogens (tertiary/aromatic N) is 1. The van der Waals surface area contributed by atoms with Gasteiger partial charge in [0.1, 0.15) is 5.75 Å². The minimum atomic E-state index is -0.333. The predicted octanol–water partition coefficient (Wildman–Crippen LogP) is 1.29. The first-order valence-corrected chi connectivity index (χ1v) is 5.15. The van der Waals surface area contributed by atoms with Gasteiger partial charge in [-0.05, 0) is 12.1 Å². The lowest BCUT2D eigenvalue weighted by atomic mass is 10.3. The zero-order chi connectivity index (χ0) is 9.97. The summed E-state index contributed by atoms with van der Waals surface area (Å²) in [6.07, 6.45) is -0.333. The molecule has 1 aliphatic rings. The molecular weight excluding hydrogens is 200 g/mol. The van der Waals surface area contributed by atoms with Crippen molar-refractivity contribution in [2.45, 2.75) is 11.0 Å². The van der Waals surface area contributed by atoms with Crippen LogP contribution in [0.5, 0.6) is 5.75 Å². The SMILES string of the molecule is N/C(=N/O)C1CSc2ccccc2O1. The van der Waals surface area contributed by atoms with Crippen LogP contribution in [0.15, 0.2) is 34.3 Å². The normalized spacial score (nSPS) is 21.1. The Kier molecular flexibility index (Phi) is 2.49. The fourth-order valence-corrected chi connectivity index (χ4v) is 2.23. The zero-order valence-corrected chi connectivity index (χ0v) is 8.20. The third-order valence-corrected chi connectivity index (χ3v) is 3.07. The molecule has 0 bridgehead atoms. The molecule has 0 amide bonds. The second kappa shape index (κ2) is 3.79. The van der Waals surface area contributed by atoms with Crippen LogP contribution in [0.1, 0.15) is 0 Å². The van der Waals surface area contributed by atoms with Crippen molar-refractivity contribution >= 4 is 17.6 Å². The second-order valence-corrected chi connectivity index (χ2v) is 3.95. The van der Waals surface area contributed by atoms with Crippen molar-refractivity contribution in [3.63, 3.8) is 0 Å². The highest BCUT2D eigenvalue weighted by Crippen LogP contribution is 2.34. The maximum atomic E-state index is 8.51. The lowest BCUT2D eigenvalue weighted by Crippen LogP contribution is -2.37. The van der Waals surface area contributed by atoms with E-state index in [4.69, 9.17) is 15.7 Å². The van der Waals surface area contributed by atoms with Crippen LogP contribution in [0.2, 0.25) is 0 Å². The fourth-order valence-electron chi connectivity index (χ4n) is 1.23. The molecule has 5 heteroatoms. The van der Waals surface area contributed by atoms with E-state index in [0.29, 0.717) is 5.75 Å². The molecule has 0 saturated heterocycles. The summed E-state index contributed by atoms with van der Waals surface area (Å²) in [6, 6.07) is 7.72. The van der Waals surface area contributed by atoms with E-state index in [1.54, 1.807) is 11.8 Å². The summed E-state index contributed by atoms with van der Waals surface area (Å²) in [4.78, 5) is 1.09. The van der Waals surface area contributed by atoms with Crippen LogP contribution < -0.4 is 10.5 Å². The predicted molar refractivity (Wildman–Crippen MR) is 55.0 cm³/mol. The van der Waals surface area contributed by atoms with Gasteiger partial charge in [0, 0.05) is 10.6 Å². The largest absolute Gasteiger partial charge is 0.480 e. The molecular formula is C9H10N2O2S. The van der Waals surface area contributed by atoms with E-state index < -0.39 is 0 Å². The number of amidine groups is 1. The Morgan fingerprint density at radius 3 is 3.14 bits per heavy atom. The zero-order valence-electron chi connectivity index (χ0n) is 7.38. The molecule has 3 N–H and O–H groups in total. The Morgan fingerprint density at radius 1 is 1.57 bits per heavy atom. The van der Waals surface area contributed by atoms with Crippen LogP contribution in [0.25, 0.3) is 0 Å². The molecule has 0 aromatic heterocycles. The van der Waals surface area contributed by atoms with Crippen molar-refractivity contribution < 1.29 is 9.94 Å². The van der Waals surface area contributed by atoms with Gasteiger partial charge in [-0.3, -0.25) is 0 Å². The molecule has 0 aliphatic carbocycles. The molecule has 1 aromatic rings. The van der Waals surface area contributed by atoms with Crippen molar-refractivity contribution in [2.24, 2.45) is 10.9 Å². The van der Waals surface area contributed by atoms with E-state index in [9.17, 15) is 0 Å². The molecule has 4 nitrogen and oxygen atoms in total. The highest BCUT2D eigenvalue weighted by Gasteiger charge is 2.23. The molecule has 2 rings (SSSR count). The Morgan fingerprint density at radius 2 is 2.36 bits per heavy atom. The summed E-state index contributed by atoms with van der Waals surface area (Å²) in [5.74, 6) is 1.58. The van der Waals surface area contributed by atoms with E-state index in [2.05, 4.69) is 5.16 Å². The van der Waals surface area contributed by atoms with Gasteiger partial charge in [-0.15, -0.1) is 11.8 Å². The average molecular weight is 210 g/mol.